The van der Waals surface area contributed by atoms with Crippen LogP contribution in [0.1, 0.15) is 24.1 Å². The Morgan fingerprint density at radius 2 is 1.83 bits per heavy atom. The molecule has 0 saturated heterocycles. The number of hydrogen-bond acceptors (Lipinski definition) is 3. The van der Waals surface area contributed by atoms with Crippen molar-refractivity contribution in [1.29, 1.82) is 0 Å². The monoisotopic (exact) mass is 325 g/mol. The van der Waals surface area contributed by atoms with Gasteiger partial charge in [-0.1, -0.05) is 43.3 Å². The molecule has 0 radical (unpaired) electrons. The first-order chi connectivity index (χ1) is 11.6. The fraction of sp³-hybridized carbons (Fsp3) is 0.368. The SMILES string of the molecule is CN=C(NCc1cccc(N(C)C)n1)NCC(C)c1ccccc1. The summed E-state index contributed by atoms with van der Waals surface area (Å²) in [6.07, 6.45) is 0. The number of hydrogen-bond donors (Lipinski definition) is 2. The van der Waals surface area contributed by atoms with Crippen molar-refractivity contribution in [3.63, 3.8) is 0 Å². The number of aliphatic imine (C=N–C) groups is 1. The molecule has 2 aromatic rings. The van der Waals surface area contributed by atoms with Gasteiger partial charge in [-0.15, -0.1) is 0 Å². The molecule has 24 heavy (non-hydrogen) atoms. The molecule has 5 nitrogen and oxygen atoms in total. The summed E-state index contributed by atoms with van der Waals surface area (Å²) < 4.78 is 0. The molecule has 0 spiro atoms. The Kier molecular flexibility index (Phi) is 6.61. The van der Waals surface area contributed by atoms with Crippen molar-refractivity contribution in [3.05, 3.63) is 59.8 Å². The summed E-state index contributed by atoms with van der Waals surface area (Å²) in [5, 5.41) is 6.69. The lowest BCUT2D eigenvalue weighted by atomic mass is 10.0. The first-order valence-electron chi connectivity index (χ1n) is 8.23. The van der Waals surface area contributed by atoms with Gasteiger partial charge < -0.3 is 15.5 Å². The number of nitrogens with one attached hydrogen (secondary N) is 2. The van der Waals surface area contributed by atoms with Crippen LogP contribution in [-0.2, 0) is 6.54 Å². The van der Waals surface area contributed by atoms with Gasteiger partial charge in [0.05, 0.1) is 12.2 Å². The van der Waals surface area contributed by atoms with Crippen molar-refractivity contribution in [2.24, 2.45) is 4.99 Å². The third kappa shape index (κ3) is 5.26. The van der Waals surface area contributed by atoms with E-state index < -0.39 is 0 Å². The van der Waals surface area contributed by atoms with Crippen molar-refractivity contribution >= 4 is 11.8 Å². The Bertz CT molecular complexity index is 652. The maximum absolute atomic E-state index is 4.60. The maximum atomic E-state index is 4.60. The molecule has 5 heteroatoms. The van der Waals surface area contributed by atoms with E-state index in [-0.39, 0.29) is 0 Å². The first kappa shape index (κ1) is 17.8. The van der Waals surface area contributed by atoms with Gasteiger partial charge in [-0.3, -0.25) is 4.99 Å². The lowest BCUT2D eigenvalue weighted by Gasteiger charge is -2.17. The van der Waals surface area contributed by atoms with Crippen molar-refractivity contribution in [2.75, 3.05) is 32.6 Å². The third-order valence-electron chi connectivity index (χ3n) is 3.86. The molecule has 1 aromatic heterocycles. The minimum absolute atomic E-state index is 0.417. The Hall–Kier alpha value is -2.56. The van der Waals surface area contributed by atoms with Gasteiger partial charge in [-0.2, -0.15) is 0 Å². The topological polar surface area (TPSA) is 52.6 Å². The number of nitrogens with zero attached hydrogens (tertiary/aromatic N) is 3. The molecule has 0 aliphatic rings. The highest BCUT2D eigenvalue weighted by atomic mass is 15.2. The van der Waals surface area contributed by atoms with Crippen LogP contribution >= 0.6 is 0 Å². The van der Waals surface area contributed by atoms with Crippen LogP contribution in [0.5, 0.6) is 0 Å². The summed E-state index contributed by atoms with van der Waals surface area (Å²) in [6, 6.07) is 16.5. The smallest absolute Gasteiger partial charge is 0.191 e. The van der Waals surface area contributed by atoms with E-state index >= 15 is 0 Å². The van der Waals surface area contributed by atoms with Crippen LogP contribution in [0.3, 0.4) is 0 Å². The third-order valence-corrected chi connectivity index (χ3v) is 3.86. The zero-order valence-electron chi connectivity index (χ0n) is 15.0. The number of aromatic nitrogens is 1. The van der Waals surface area contributed by atoms with Gasteiger partial charge in [0.2, 0.25) is 0 Å². The van der Waals surface area contributed by atoms with Crippen LogP contribution in [0.4, 0.5) is 5.82 Å². The van der Waals surface area contributed by atoms with Gasteiger partial charge in [-0.05, 0) is 23.6 Å². The van der Waals surface area contributed by atoms with E-state index in [1.165, 1.54) is 5.56 Å². The molecule has 128 valence electrons. The fourth-order valence-electron chi connectivity index (χ4n) is 2.36. The van der Waals surface area contributed by atoms with Crippen LogP contribution in [-0.4, -0.2) is 38.6 Å². The Morgan fingerprint density at radius 1 is 1.08 bits per heavy atom. The molecule has 0 fully saturated rings. The quantitative estimate of drug-likeness (QED) is 0.633. The molecule has 2 N–H and O–H groups in total. The van der Waals surface area contributed by atoms with Gasteiger partial charge in [0.1, 0.15) is 5.82 Å². The minimum Gasteiger partial charge on any atom is -0.363 e. The second-order valence-electron chi connectivity index (χ2n) is 6.00. The van der Waals surface area contributed by atoms with Crippen LogP contribution in [0.25, 0.3) is 0 Å². The summed E-state index contributed by atoms with van der Waals surface area (Å²) >= 11 is 0. The van der Waals surface area contributed by atoms with Crippen LogP contribution in [0, 0.1) is 0 Å². The average Bonchev–Trinajstić information content (AvgIpc) is 2.62. The Labute approximate surface area is 144 Å². The molecule has 1 atom stereocenters. The molecule has 0 aliphatic heterocycles. The average molecular weight is 325 g/mol. The van der Waals surface area contributed by atoms with Gasteiger partial charge in [-0.25, -0.2) is 4.98 Å². The molecular weight excluding hydrogens is 298 g/mol. The number of anilines is 1. The van der Waals surface area contributed by atoms with E-state index in [1.807, 2.05) is 43.3 Å². The fourth-order valence-corrected chi connectivity index (χ4v) is 2.36. The first-order valence-corrected chi connectivity index (χ1v) is 8.23. The van der Waals surface area contributed by atoms with E-state index in [0.717, 1.165) is 24.0 Å². The highest BCUT2D eigenvalue weighted by Crippen LogP contribution is 2.13. The van der Waals surface area contributed by atoms with Crippen molar-refractivity contribution in [1.82, 2.24) is 15.6 Å². The predicted molar refractivity (Wildman–Crippen MR) is 102 cm³/mol. The van der Waals surface area contributed by atoms with E-state index in [1.54, 1.807) is 7.05 Å². The molecule has 2 rings (SSSR count). The zero-order chi connectivity index (χ0) is 17.4. The predicted octanol–water partition coefficient (Wildman–Crippen LogP) is 2.62. The molecule has 1 aromatic carbocycles. The Balaban J connectivity index is 1.85. The number of pyridine rings is 1. The molecule has 0 bridgehead atoms. The maximum Gasteiger partial charge on any atom is 0.191 e. The summed E-state index contributed by atoms with van der Waals surface area (Å²) in [7, 11) is 5.77. The summed E-state index contributed by atoms with van der Waals surface area (Å²) in [5.41, 5.74) is 2.31. The standard InChI is InChI=1S/C19H27N5/c1-15(16-9-6-5-7-10-16)13-21-19(20-2)22-14-17-11-8-12-18(23-17)24(3)4/h5-12,15H,13-14H2,1-4H3,(H2,20,21,22). The van der Waals surface area contributed by atoms with Gasteiger partial charge in [0, 0.05) is 27.7 Å². The summed E-state index contributed by atoms with van der Waals surface area (Å²) in [5.74, 6) is 2.16. The highest BCUT2D eigenvalue weighted by molar-refractivity contribution is 5.79. The molecular formula is C19H27N5. The lowest BCUT2D eigenvalue weighted by Crippen LogP contribution is -2.38. The van der Waals surface area contributed by atoms with Crippen LogP contribution < -0.4 is 15.5 Å². The largest absolute Gasteiger partial charge is 0.363 e. The van der Waals surface area contributed by atoms with Gasteiger partial charge in [0.25, 0.3) is 0 Å². The minimum atomic E-state index is 0.417. The van der Waals surface area contributed by atoms with Crippen molar-refractivity contribution in [2.45, 2.75) is 19.4 Å². The van der Waals surface area contributed by atoms with Crippen molar-refractivity contribution in [3.8, 4) is 0 Å². The van der Waals surface area contributed by atoms with Crippen LogP contribution in [0.2, 0.25) is 0 Å². The summed E-state index contributed by atoms with van der Waals surface area (Å²) in [6.45, 7) is 3.67. The van der Waals surface area contributed by atoms with E-state index in [2.05, 4.69) is 51.8 Å². The number of rotatable bonds is 6. The van der Waals surface area contributed by atoms with Gasteiger partial charge >= 0.3 is 0 Å². The lowest BCUT2D eigenvalue weighted by molar-refractivity contribution is 0.697. The molecule has 1 heterocycles. The molecule has 1 unspecified atom stereocenters. The highest BCUT2D eigenvalue weighted by Gasteiger charge is 2.06. The second-order valence-corrected chi connectivity index (χ2v) is 6.00. The number of guanidine groups is 1. The second kappa shape index (κ2) is 8.91. The number of benzene rings is 1. The van der Waals surface area contributed by atoms with Gasteiger partial charge in [0.15, 0.2) is 5.96 Å². The molecule has 0 amide bonds. The van der Waals surface area contributed by atoms with E-state index in [9.17, 15) is 0 Å². The Morgan fingerprint density at radius 3 is 2.50 bits per heavy atom. The van der Waals surface area contributed by atoms with Crippen LogP contribution in [0.15, 0.2) is 53.5 Å². The van der Waals surface area contributed by atoms with Crippen molar-refractivity contribution < 1.29 is 0 Å². The van der Waals surface area contributed by atoms with E-state index in [0.29, 0.717) is 12.5 Å². The molecule has 0 aliphatic carbocycles. The van der Waals surface area contributed by atoms with E-state index in [4.69, 9.17) is 0 Å². The summed E-state index contributed by atoms with van der Waals surface area (Å²) in [4.78, 5) is 10.9. The zero-order valence-corrected chi connectivity index (χ0v) is 15.0. The normalized spacial score (nSPS) is 12.6. The molecule has 0 saturated carbocycles.